The van der Waals surface area contributed by atoms with Gasteiger partial charge in [-0.2, -0.15) is 0 Å². The topological polar surface area (TPSA) is 71.5 Å². The predicted octanol–water partition coefficient (Wildman–Crippen LogP) is 4.40. The lowest BCUT2D eigenvalue weighted by Gasteiger charge is -2.20. The van der Waals surface area contributed by atoms with Crippen molar-refractivity contribution >= 4 is 34.0 Å². The van der Waals surface area contributed by atoms with Gasteiger partial charge in [0, 0.05) is 23.9 Å². The highest BCUT2D eigenvalue weighted by atomic mass is 32.1. The molecule has 2 aromatic carbocycles. The van der Waals surface area contributed by atoms with Crippen molar-refractivity contribution in [2.24, 2.45) is 5.92 Å². The van der Waals surface area contributed by atoms with Crippen LogP contribution in [0.25, 0.3) is 11.3 Å². The standard InChI is InChI=1S/C22H19F2N3O3S/c1-12-3-6-19(30-2)18(7-12)27-10-14(9-20(27)28)21(29)26-22-25-17(11-31-22)13-4-5-15(23)16(24)8-13/h3-8,11,14H,9-10H2,1-2H3,(H,25,26,29). The van der Waals surface area contributed by atoms with Gasteiger partial charge in [0.2, 0.25) is 11.8 Å². The minimum absolute atomic E-state index is 0.0737. The van der Waals surface area contributed by atoms with Crippen molar-refractivity contribution in [3.05, 3.63) is 59.0 Å². The molecule has 0 spiro atoms. The van der Waals surface area contributed by atoms with Crippen LogP contribution < -0.4 is 15.0 Å². The fourth-order valence-electron chi connectivity index (χ4n) is 3.45. The molecule has 1 unspecified atom stereocenters. The van der Waals surface area contributed by atoms with Crippen LogP contribution in [-0.2, 0) is 9.59 Å². The number of amides is 2. The van der Waals surface area contributed by atoms with Crippen LogP contribution in [0.15, 0.2) is 41.8 Å². The number of halogens is 2. The summed E-state index contributed by atoms with van der Waals surface area (Å²) in [6, 6.07) is 9.04. The Labute approximate surface area is 181 Å². The maximum Gasteiger partial charge on any atom is 0.231 e. The van der Waals surface area contributed by atoms with Crippen molar-refractivity contribution in [1.82, 2.24) is 4.98 Å². The van der Waals surface area contributed by atoms with E-state index in [1.807, 2.05) is 19.1 Å². The predicted molar refractivity (Wildman–Crippen MR) is 114 cm³/mol. The first-order valence-corrected chi connectivity index (χ1v) is 10.4. The number of aryl methyl sites for hydroxylation is 1. The Morgan fingerprint density at radius 2 is 2.03 bits per heavy atom. The average Bonchev–Trinajstić information content (AvgIpc) is 3.36. The van der Waals surface area contributed by atoms with Crippen molar-refractivity contribution in [2.45, 2.75) is 13.3 Å². The maximum atomic E-state index is 13.5. The third-order valence-corrected chi connectivity index (χ3v) is 5.83. The van der Waals surface area contributed by atoms with Crippen LogP contribution in [0.2, 0.25) is 0 Å². The molecule has 0 bridgehead atoms. The molecular weight excluding hydrogens is 424 g/mol. The van der Waals surface area contributed by atoms with Crippen molar-refractivity contribution in [2.75, 3.05) is 23.9 Å². The highest BCUT2D eigenvalue weighted by molar-refractivity contribution is 7.14. The molecule has 6 nitrogen and oxygen atoms in total. The van der Waals surface area contributed by atoms with E-state index in [1.165, 1.54) is 24.5 Å². The smallest absolute Gasteiger partial charge is 0.231 e. The second kappa shape index (κ2) is 8.43. The summed E-state index contributed by atoms with van der Waals surface area (Å²) in [4.78, 5) is 31.2. The van der Waals surface area contributed by atoms with Crippen molar-refractivity contribution < 1.29 is 23.1 Å². The Hall–Kier alpha value is -3.33. The van der Waals surface area contributed by atoms with E-state index in [2.05, 4.69) is 10.3 Å². The van der Waals surface area contributed by atoms with Crippen LogP contribution in [0.1, 0.15) is 12.0 Å². The van der Waals surface area contributed by atoms with E-state index < -0.39 is 17.6 Å². The molecule has 1 aromatic heterocycles. The largest absolute Gasteiger partial charge is 0.495 e. The fourth-order valence-corrected chi connectivity index (χ4v) is 4.18. The third-order valence-electron chi connectivity index (χ3n) is 5.07. The molecule has 1 atom stereocenters. The third kappa shape index (κ3) is 4.27. The number of aromatic nitrogens is 1. The highest BCUT2D eigenvalue weighted by Crippen LogP contribution is 2.34. The van der Waals surface area contributed by atoms with E-state index >= 15 is 0 Å². The van der Waals surface area contributed by atoms with E-state index in [0.29, 0.717) is 27.8 Å². The Morgan fingerprint density at radius 1 is 1.23 bits per heavy atom. The average molecular weight is 443 g/mol. The number of nitrogens with zero attached hydrogens (tertiary/aromatic N) is 2. The summed E-state index contributed by atoms with van der Waals surface area (Å²) in [6.07, 6.45) is 0.0737. The summed E-state index contributed by atoms with van der Waals surface area (Å²) < 4.78 is 32.0. The van der Waals surface area contributed by atoms with E-state index in [4.69, 9.17) is 4.74 Å². The number of carbonyl (C=O) groups is 2. The van der Waals surface area contributed by atoms with Crippen LogP contribution in [0.4, 0.5) is 19.6 Å². The summed E-state index contributed by atoms with van der Waals surface area (Å²) in [5.41, 5.74) is 2.44. The summed E-state index contributed by atoms with van der Waals surface area (Å²) in [7, 11) is 1.53. The van der Waals surface area contributed by atoms with Gasteiger partial charge in [0.25, 0.3) is 0 Å². The lowest BCUT2D eigenvalue weighted by molar-refractivity contribution is -0.122. The van der Waals surface area contributed by atoms with Gasteiger partial charge >= 0.3 is 0 Å². The second-order valence-electron chi connectivity index (χ2n) is 7.24. The number of methoxy groups -OCH3 is 1. The number of thiazole rings is 1. The van der Waals surface area contributed by atoms with Gasteiger partial charge < -0.3 is 15.0 Å². The quantitative estimate of drug-likeness (QED) is 0.635. The molecule has 160 valence electrons. The molecule has 0 radical (unpaired) electrons. The molecule has 9 heteroatoms. The van der Waals surface area contributed by atoms with Crippen molar-refractivity contribution in [3.63, 3.8) is 0 Å². The van der Waals surface area contributed by atoms with E-state index in [1.54, 1.807) is 16.3 Å². The second-order valence-corrected chi connectivity index (χ2v) is 8.09. The van der Waals surface area contributed by atoms with Gasteiger partial charge in [0.15, 0.2) is 16.8 Å². The van der Waals surface area contributed by atoms with Crippen LogP contribution in [-0.4, -0.2) is 30.5 Å². The molecule has 1 fully saturated rings. The number of ether oxygens (including phenoxy) is 1. The number of benzene rings is 2. The van der Waals surface area contributed by atoms with Crippen LogP contribution in [0.3, 0.4) is 0 Å². The summed E-state index contributed by atoms with van der Waals surface area (Å²) in [6.45, 7) is 2.15. The summed E-state index contributed by atoms with van der Waals surface area (Å²) in [5, 5.41) is 4.69. The number of hydrogen-bond acceptors (Lipinski definition) is 5. The molecule has 1 aliphatic heterocycles. The van der Waals surface area contributed by atoms with Crippen molar-refractivity contribution in [1.29, 1.82) is 0 Å². The summed E-state index contributed by atoms with van der Waals surface area (Å²) >= 11 is 1.17. The zero-order valence-corrected chi connectivity index (χ0v) is 17.6. The lowest BCUT2D eigenvalue weighted by atomic mass is 10.1. The molecule has 0 saturated carbocycles. The molecular formula is C22H19F2N3O3S. The molecule has 31 heavy (non-hydrogen) atoms. The van der Waals surface area contributed by atoms with E-state index in [0.717, 1.165) is 17.7 Å². The minimum atomic E-state index is -0.966. The minimum Gasteiger partial charge on any atom is -0.495 e. The molecule has 2 amide bonds. The normalized spacial score (nSPS) is 15.9. The van der Waals surface area contributed by atoms with Gasteiger partial charge in [-0.15, -0.1) is 11.3 Å². The number of carbonyl (C=O) groups excluding carboxylic acids is 2. The first-order chi connectivity index (χ1) is 14.9. The van der Waals surface area contributed by atoms with Crippen LogP contribution in [0.5, 0.6) is 5.75 Å². The van der Waals surface area contributed by atoms with Gasteiger partial charge in [0.1, 0.15) is 5.75 Å². The van der Waals surface area contributed by atoms with Gasteiger partial charge in [-0.3, -0.25) is 9.59 Å². The summed E-state index contributed by atoms with van der Waals surface area (Å²) in [5.74, 6) is -2.37. The van der Waals surface area contributed by atoms with Crippen molar-refractivity contribution in [3.8, 4) is 17.0 Å². The van der Waals surface area contributed by atoms with Gasteiger partial charge in [0.05, 0.1) is 24.4 Å². The van der Waals surface area contributed by atoms with E-state index in [-0.39, 0.29) is 24.8 Å². The molecule has 0 aliphatic carbocycles. The number of nitrogens with one attached hydrogen (secondary N) is 1. The zero-order chi connectivity index (χ0) is 22.1. The first-order valence-electron chi connectivity index (χ1n) is 9.52. The monoisotopic (exact) mass is 443 g/mol. The highest BCUT2D eigenvalue weighted by Gasteiger charge is 2.36. The zero-order valence-electron chi connectivity index (χ0n) is 16.8. The molecule has 1 saturated heterocycles. The number of anilines is 2. The SMILES string of the molecule is COc1ccc(C)cc1N1CC(C(=O)Nc2nc(-c3ccc(F)c(F)c3)cs2)CC1=O. The molecule has 3 aromatic rings. The molecule has 1 aliphatic rings. The van der Waals surface area contributed by atoms with E-state index in [9.17, 15) is 18.4 Å². The van der Waals surface area contributed by atoms with Gasteiger partial charge in [-0.1, -0.05) is 6.07 Å². The van der Waals surface area contributed by atoms with Gasteiger partial charge in [-0.05, 0) is 42.8 Å². The Bertz CT molecular complexity index is 1160. The Morgan fingerprint density at radius 3 is 2.77 bits per heavy atom. The van der Waals surface area contributed by atoms with Crippen LogP contribution in [0, 0.1) is 24.5 Å². The number of hydrogen-bond donors (Lipinski definition) is 1. The lowest BCUT2D eigenvalue weighted by Crippen LogP contribution is -2.28. The number of rotatable bonds is 5. The fraction of sp³-hybridized carbons (Fsp3) is 0.227. The Balaban J connectivity index is 1.47. The molecule has 1 N–H and O–H groups in total. The van der Waals surface area contributed by atoms with Crippen LogP contribution >= 0.6 is 11.3 Å². The first kappa shape index (κ1) is 20.9. The molecule has 4 rings (SSSR count). The van der Waals surface area contributed by atoms with Gasteiger partial charge in [-0.25, -0.2) is 13.8 Å². The molecule has 2 heterocycles. The Kier molecular flexibility index (Phi) is 5.69. The maximum absolute atomic E-state index is 13.5.